The lowest BCUT2D eigenvalue weighted by atomic mass is 10.2. The van der Waals surface area contributed by atoms with Crippen LogP contribution in [0.4, 0.5) is 11.4 Å². The lowest BCUT2D eigenvalue weighted by molar-refractivity contribution is 0.316. The lowest BCUT2D eigenvalue weighted by Crippen LogP contribution is -2.37. The van der Waals surface area contributed by atoms with Crippen LogP contribution in [0.5, 0.6) is 5.75 Å². The van der Waals surface area contributed by atoms with Crippen molar-refractivity contribution in [2.45, 2.75) is 18.7 Å². The van der Waals surface area contributed by atoms with Crippen LogP contribution in [0.15, 0.2) is 27.6 Å². The van der Waals surface area contributed by atoms with Gasteiger partial charge in [-0.15, -0.1) is 0 Å². The van der Waals surface area contributed by atoms with Crippen molar-refractivity contribution < 1.29 is 26.1 Å². The van der Waals surface area contributed by atoms with Gasteiger partial charge in [-0.1, -0.05) is 5.16 Å². The van der Waals surface area contributed by atoms with Gasteiger partial charge in [0, 0.05) is 6.07 Å². The summed E-state index contributed by atoms with van der Waals surface area (Å²) in [4.78, 5) is -0.0242. The SMILES string of the molecule is Cc1noc(C)c1S(=O)(=O)Nc1ccc2c(c1)OCCN2S(C)(=O)=O. The Morgan fingerprint density at radius 3 is 2.52 bits per heavy atom. The molecular weight excluding hydrogens is 370 g/mol. The molecule has 3 rings (SSSR count). The molecule has 11 heteroatoms. The zero-order valence-corrected chi connectivity index (χ0v) is 15.4. The van der Waals surface area contributed by atoms with Gasteiger partial charge in [-0.2, -0.15) is 0 Å². The molecular formula is C14H17N3O6S2. The highest BCUT2D eigenvalue weighted by atomic mass is 32.2. The van der Waals surface area contributed by atoms with Gasteiger partial charge < -0.3 is 9.26 Å². The molecule has 0 saturated carbocycles. The monoisotopic (exact) mass is 387 g/mol. The highest BCUT2D eigenvalue weighted by Crippen LogP contribution is 2.36. The first-order valence-corrected chi connectivity index (χ1v) is 10.6. The molecule has 0 fully saturated rings. The van der Waals surface area contributed by atoms with E-state index in [0.717, 1.165) is 6.26 Å². The van der Waals surface area contributed by atoms with Crippen LogP contribution in [0.1, 0.15) is 11.5 Å². The summed E-state index contributed by atoms with van der Waals surface area (Å²) in [5.74, 6) is 0.470. The summed E-state index contributed by atoms with van der Waals surface area (Å²) >= 11 is 0. The van der Waals surface area contributed by atoms with Gasteiger partial charge in [0.1, 0.15) is 18.1 Å². The molecule has 1 aliphatic rings. The van der Waals surface area contributed by atoms with Gasteiger partial charge >= 0.3 is 0 Å². The van der Waals surface area contributed by atoms with Gasteiger partial charge in [0.15, 0.2) is 10.7 Å². The van der Waals surface area contributed by atoms with Crippen molar-refractivity contribution in [3.05, 3.63) is 29.7 Å². The fourth-order valence-electron chi connectivity index (χ4n) is 2.67. The predicted octanol–water partition coefficient (Wildman–Crippen LogP) is 1.25. The quantitative estimate of drug-likeness (QED) is 0.838. The van der Waals surface area contributed by atoms with Gasteiger partial charge in [0.25, 0.3) is 10.0 Å². The first kappa shape index (κ1) is 17.5. The van der Waals surface area contributed by atoms with E-state index < -0.39 is 20.0 Å². The van der Waals surface area contributed by atoms with Crippen LogP contribution in [0, 0.1) is 13.8 Å². The van der Waals surface area contributed by atoms with Crippen LogP contribution in [0.2, 0.25) is 0 Å². The van der Waals surface area contributed by atoms with E-state index in [4.69, 9.17) is 9.26 Å². The second-order valence-corrected chi connectivity index (χ2v) is 9.15. The zero-order valence-electron chi connectivity index (χ0n) is 13.8. The Hall–Kier alpha value is -2.27. The largest absolute Gasteiger partial charge is 0.489 e. The van der Waals surface area contributed by atoms with Gasteiger partial charge in [0.05, 0.1) is 24.2 Å². The van der Waals surface area contributed by atoms with Crippen molar-refractivity contribution in [2.75, 3.05) is 28.4 Å². The second kappa shape index (κ2) is 5.92. The molecule has 1 aliphatic heterocycles. The topological polar surface area (TPSA) is 119 Å². The number of fused-ring (bicyclic) bond motifs is 1. The number of ether oxygens (including phenoxy) is 1. The third-order valence-corrected chi connectivity index (χ3v) is 6.47. The van der Waals surface area contributed by atoms with E-state index in [0.29, 0.717) is 5.69 Å². The summed E-state index contributed by atoms with van der Waals surface area (Å²) in [5.41, 5.74) is 0.866. The van der Waals surface area contributed by atoms with E-state index in [1.54, 1.807) is 0 Å². The average molecular weight is 387 g/mol. The van der Waals surface area contributed by atoms with Gasteiger partial charge in [0.2, 0.25) is 10.0 Å². The Balaban J connectivity index is 1.96. The number of anilines is 2. The molecule has 0 radical (unpaired) electrons. The third-order valence-electron chi connectivity index (χ3n) is 3.67. The Labute approximate surface area is 145 Å². The van der Waals surface area contributed by atoms with Crippen LogP contribution in [0.25, 0.3) is 0 Å². The molecule has 0 spiro atoms. The van der Waals surface area contributed by atoms with Gasteiger partial charge in [-0.05, 0) is 26.0 Å². The minimum atomic E-state index is -3.89. The minimum Gasteiger partial charge on any atom is -0.489 e. The molecule has 0 amide bonds. The predicted molar refractivity (Wildman–Crippen MR) is 90.9 cm³/mol. The average Bonchev–Trinajstić information content (AvgIpc) is 2.84. The van der Waals surface area contributed by atoms with E-state index in [1.807, 2.05) is 0 Å². The summed E-state index contributed by atoms with van der Waals surface area (Å²) in [6.07, 6.45) is 1.11. The fraction of sp³-hybridized carbons (Fsp3) is 0.357. The number of nitrogens with one attached hydrogen (secondary N) is 1. The zero-order chi connectivity index (χ0) is 18.4. The number of aryl methyl sites for hydroxylation is 2. The number of hydrogen-bond donors (Lipinski definition) is 1. The Bertz CT molecular complexity index is 1010. The Morgan fingerprint density at radius 1 is 1.20 bits per heavy atom. The van der Waals surface area contributed by atoms with E-state index in [1.165, 1.54) is 36.4 Å². The number of hydrogen-bond acceptors (Lipinski definition) is 7. The lowest BCUT2D eigenvalue weighted by Gasteiger charge is -2.29. The summed E-state index contributed by atoms with van der Waals surface area (Å²) in [6.45, 7) is 3.43. The van der Waals surface area contributed by atoms with Crippen LogP contribution >= 0.6 is 0 Å². The van der Waals surface area contributed by atoms with E-state index in [9.17, 15) is 16.8 Å². The molecule has 0 saturated heterocycles. The number of sulfonamides is 2. The molecule has 9 nitrogen and oxygen atoms in total. The number of nitrogens with zero attached hydrogens (tertiary/aromatic N) is 2. The van der Waals surface area contributed by atoms with Crippen molar-refractivity contribution >= 4 is 31.4 Å². The van der Waals surface area contributed by atoms with Crippen molar-refractivity contribution in [1.82, 2.24) is 5.16 Å². The standard InChI is InChI=1S/C14H17N3O6S2/c1-9-14(10(2)23-15-9)25(20,21)16-11-4-5-12-13(8-11)22-7-6-17(12)24(3,18)19/h4-5,8,16H,6-7H2,1-3H3. The maximum Gasteiger partial charge on any atom is 0.267 e. The van der Waals surface area contributed by atoms with E-state index in [2.05, 4.69) is 9.88 Å². The second-order valence-electron chi connectivity index (χ2n) is 5.62. The first-order chi connectivity index (χ1) is 11.6. The maximum atomic E-state index is 12.5. The van der Waals surface area contributed by atoms with Crippen LogP contribution < -0.4 is 13.8 Å². The van der Waals surface area contributed by atoms with Crippen LogP contribution in [-0.2, 0) is 20.0 Å². The molecule has 0 unspecified atom stereocenters. The number of aromatic nitrogens is 1. The molecule has 2 aromatic rings. The van der Waals surface area contributed by atoms with Crippen LogP contribution in [0.3, 0.4) is 0 Å². The highest BCUT2D eigenvalue weighted by molar-refractivity contribution is 7.93. The van der Waals surface area contributed by atoms with Gasteiger partial charge in [-0.3, -0.25) is 9.03 Å². The van der Waals surface area contributed by atoms with Crippen LogP contribution in [-0.4, -0.2) is 41.4 Å². The normalized spacial score (nSPS) is 14.8. The molecule has 0 atom stereocenters. The Kier molecular flexibility index (Phi) is 4.15. The highest BCUT2D eigenvalue weighted by Gasteiger charge is 2.27. The van der Waals surface area contributed by atoms with Crippen molar-refractivity contribution in [1.29, 1.82) is 0 Å². The summed E-state index contributed by atoms with van der Waals surface area (Å²) in [7, 11) is -7.33. The maximum absolute atomic E-state index is 12.5. The van der Waals surface area contributed by atoms with E-state index in [-0.39, 0.29) is 40.9 Å². The smallest absolute Gasteiger partial charge is 0.267 e. The molecule has 0 bridgehead atoms. The molecule has 2 heterocycles. The minimum absolute atomic E-state index is 0.0242. The third kappa shape index (κ3) is 3.29. The summed E-state index contributed by atoms with van der Waals surface area (Å²) in [5, 5.41) is 3.64. The molecule has 1 aromatic carbocycles. The van der Waals surface area contributed by atoms with Crippen molar-refractivity contribution in [3.8, 4) is 5.75 Å². The molecule has 1 N–H and O–H groups in total. The summed E-state index contributed by atoms with van der Waals surface area (Å²) in [6, 6.07) is 4.42. The number of rotatable bonds is 4. The Morgan fingerprint density at radius 2 is 1.92 bits per heavy atom. The van der Waals surface area contributed by atoms with Gasteiger partial charge in [-0.25, -0.2) is 16.8 Å². The van der Waals surface area contributed by atoms with Crippen molar-refractivity contribution in [3.63, 3.8) is 0 Å². The molecule has 0 aliphatic carbocycles. The fourth-order valence-corrected chi connectivity index (χ4v) is 4.96. The molecule has 1 aromatic heterocycles. The number of benzene rings is 1. The summed E-state index contributed by atoms with van der Waals surface area (Å²) < 4.78 is 62.8. The first-order valence-electron chi connectivity index (χ1n) is 7.30. The van der Waals surface area contributed by atoms with E-state index >= 15 is 0 Å². The molecule has 25 heavy (non-hydrogen) atoms. The molecule has 136 valence electrons. The van der Waals surface area contributed by atoms with Crippen molar-refractivity contribution in [2.24, 2.45) is 0 Å².